The molecule has 1 aromatic heterocycles. The minimum Gasteiger partial charge on any atom is -0.468 e. The van der Waals surface area contributed by atoms with E-state index in [-0.39, 0.29) is 18.3 Å². The molecule has 1 fully saturated rings. The Hall–Kier alpha value is -1.82. The van der Waals surface area contributed by atoms with E-state index in [0.29, 0.717) is 12.6 Å². The molecule has 0 saturated heterocycles. The van der Waals surface area contributed by atoms with Crippen molar-refractivity contribution in [1.82, 2.24) is 4.90 Å². The summed E-state index contributed by atoms with van der Waals surface area (Å²) in [5, 5.41) is 0. The lowest BCUT2D eigenvalue weighted by Gasteiger charge is -2.27. The van der Waals surface area contributed by atoms with Crippen LogP contribution in [0.2, 0.25) is 0 Å². The Morgan fingerprint density at radius 3 is 2.62 bits per heavy atom. The highest BCUT2D eigenvalue weighted by Crippen LogP contribution is 2.26. The van der Waals surface area contributed by atoms with E-state index in [1.807, 2.05) is 0 Å². The SMILES string of the molecule is COC(=O)CN(Cc1ccoc1C(=O)OC)C1CCCC1. The minimum atomic E-state index is -0.501. The average Bonchev–Trinajstić information content (AvgIpc) is 3.16. The summed E-state index contributed by atoms with van der Waals surface area (Å²) < 4.78 is 14.7. The molecule has 1 aliphatic carbocycles. The molecule has 0 amide bonds. The molecule has 0 N–H and O–H groups in total. The Labute approximate surface area is 124 Å². The highest BCUT2D eigenvalue weighted by atomic mass is 16.5. The Balaban J connectivity index is 2.12. The van der Waals surface area contributed by atoms with Crippen LogP contribution in [0.15, 0.2) is 16.7 Å². The van der Waals surface area contributed by atoms with Gasteiger partial charge in [-0.2, -0.15) is 0 Å². The maximum Gasteiger partial charge on any atom is 0.374 e. The number of carbonyl (C=O) groups excluding carboxylic acids is 2. The molecule has 0 unspecified atom stereocenters. The van der Waals surface area contributed by atoms with E-state index in [0.717, 1.165) is 31.2 Å². The molecule has 6 nitrogen and oxygen atoms in total. The van der Waals surface area contributed by atoms with E-state index in [2.05, 4.69) is 4.90 Å². The molecular weight excluding hydrogens is 274 g/mol. The second kappa shape index (κ2) is 7.26. The van der Waals surface area contributed by atoms with Gasteiger partial charge in [0.05, 0.1) is 27.0 Å². The lowest BCUT2D eigenvalue weighted by Crippen LogP contribution is -2.37. The van der Waals surface area contributed by atoms with E-state index in [9.17, 15) is 9.59 Å². The molecule has 1 aliphatic rings. The van der Waals surface area contributed by atoms with Gasteiger partial charge < -0.3 is 13.9 Å². The quantitative estimate of drug-likeness (QED) is 0.748. The van der Waals surface area contributed by atoms with Gasteiger partial charge in [-0.3, -0.25) is 9.69 Å². The zero-order valence-electron chi connectivity index (χ0n) is 12.5. The van der Waals surface area contributed by atoms with Crippen molar-refractivity contribution in [3.63, 3.8) is 0 Å². The van der Waals surface area contributed by atoms with Crippen molar-refractivity contribution in [2.45, 2.75) is 38.3 Å². The zero-order chi connectivity index (χ0) is 15.2. The third kappa shape index (κ3) is 3.85. The van der Waals surface area contributed by atoms with Crippen molar-refractivity contribution in [2.24, 2.45) is 0 Å². The van der Waals surface area contributed by atoms with Crippen LogP contribution in [0.25, 0.3) is 0 Å². The lowest BCUT2D eigenvalue weighted by atomic mass is 10.1. The third-order valence-electron chi connectivity index (χ3n) is 3.89. The maximum absolute atomic E-state index is 11.7. The van der Waals surface area contributed by atoms with Gasteiger partial charge in [-0.15, -0.1) is 0 Å². The first-order valence-corrected chi connectivity index (χ1v) is 7.11. The van der Waals surface area contributed by atoms with Gasteiger partial charge in [0, 0.05) is 18.2 Å². The molecule has 0 radical (unpaired) electrons. The molecule has 0 spiro atoms. The van der Waals surface area contributed by atoms with Crippen molar-refractivity contribution < 1.29 is 23.5 Å². The monoisotopic (exact) mass is 295 g/mol. The largest absolute Gasteiger partial charge is 0.468 e. The first-order chi connectivity index (χ1) is 10.2. The summed E-state index contributed by atoms with van der Waals surface area (Å²) in [5.41, 5.74) is 0.734. The van der Waals surface area contributed by atoms with E-state index in [1.165, 1.54) is 20.5 Å². The van der Waals surface area contributed by atoms with Crippen LogP contribution in [0.4, 0.5) is 0 Å². The fourth-order valence-corrected chi connectivity index (χ4v) is 2.76. The number of ether oxygens (including phenoxy) is 2. The number of carbonyl (C=O) groups is 2. The van der Waals surface area contributed by atoms with Crippen LogP contribution in [-0.2, 0) is 20.8 Å². The normalized spacial score (nSPS) is 15.4. The molecule has 1 aromatic rings. The molecule has 6 heteroatoms. The van der Waals surface area contributed by atoms with Crippen LogP contribution in [-0.4, -0.2) is 43.6 Å². The van der Waals surface area contributed by atoms with Crippen molar-refractivity contribution in [2.75, 3.05) is 20.8 Å². The van der Waals surface area contributed by atoms with Gasteiger partial charge in [0.25, 0.3) is 0 Å². The zero-order valence-corrected chi connectivity index (χ0v) is 12.5. The minimum absolute atomic E-state index is 0.199. The van der Waals surface area contributed by atoms with Crippen LogP contribution in [0.1, 0.15) is 41.8 Å². The van der Waals surface area contributed by atoms with Crippen molar-refractivity contribution in [3.05, 3.63) is 23.7 Å². The number of methoxy groups -OCH3 is 2. The van der Waals surface area contributed by atoms with Crippen LogP contribution in [0, 0.1) is 0 Å². The summed E-state index contributed by atoms with van der Waals surface area (Å²) in [6.07, 6.45) is 5.91. The fourth-order valence-electron chi connectivity index (χ4n) is 2.76. The lowest BCUT2D eigenvalue weighted by molar-refractivity contribution is -0.142. The van der Waals surface area contributed by atoms with Crippen LogP contribution >= 0.6 is 0 Å². The van der Waals surface area contributed by atoms with Gasteiger partial charge in [-0.1, -0.05) is 12.8 Å². The summed E-state index contributed by atoms with van der Waals surface area (Å²) in [7, 11) is 2.70. The van der Waals surface area contributed by atoms with Crippen LogP contribution < -0.4 is 0 Å². The molecule has 0 bridgehead atoms. The second-order valence-corrected chi connectivity index (χ2v) is 5.19. The fraction of sp³-hybridized carbons (Fsp3) is 0.600. The summed E-state index contributed by atoms with van der Waals surface area (Å²) in [6, 6.07) is 2.08. The summed E-state index contributed by atoms with van der Waals surface area (Å²) in [4.78, 5) is 25.3. The molecule has 2 rings (SSSR count). The van der Waals surface area contributed by atoms with Gasteiger partial charge in [-0.25, -0.2) is 4.79 Å². The highest BCUT2D eigenvalue weighted by molar-refractivity contribution is 5.87. The van der Waals surface area contributed by atoms with Crippen LogP contribution in [0.5, 0.6) is 0 Å². The standard InChI is InChI=1S/C15H21NO5/c1-19-13(17)10-16(12-5-3-4-6-12)9-11-7-8-21-14(11)15(18)20-2/h7-8,12H,3-6,9-10H2,1-2H3. The number of esters is 2. The van der Waals surface area contributed by atoms with E-state index >= 15 is 0 Å². The molecule has 116 valence electrons. The molecular formula is C15H21NO5. The van der Waals surface area contributed by atoms with E-state index < -0.39 is 5.97 Å². The first-order valence-electron chi connectivity index (χ1n) is 7.11. The third-order valence-corrected chi connectivity index (χ3v) is 3.89. The number of furan rings is 1. The first kappa shape index (κ1) is 15.6. The van der Waals surface area contributed by atoms with E-state index in [1.54, 1.807) is 6.07 Å². The number of hydrogen-bond acceptors (Lipinski definition) is 6. The molecule has 21 heavy (non-hydrogen) atoms. The average molecular weight is 295 g/mol. The Morgan fingerprint density at radius 2 is 2.00 bits per heavy atom. The maximum atomic E-state index is 11.7. The highest BCUT2D eigenvalue weighted by Gasteiger charge is 2.27. The summed E-state index contributed by atoms with van der Waals surface area (Å²) in [6.45, 7) is 0.688. The Kier molecular flexibility index (Phi) is 5.38. The van der Waals surface area contributed by atoms with Crippen molar-refractivity contribution in [3.8, 4) is 0 Å². The molecule has 0 atom stereocenters. The topological polar surface area (TPSA) is 69.0 Å². The van der Waals surface area contributed by atoms with Crippen molar-refractivity contribution in [1.29, 1.82) is 0 Å². The second-order valence-electron chi connectivity index (χ2n) is 5.19. The molecule has 1 saturated carbocycles. The van der Waals surface area contributed by atoms with Crippen LogP contribution in [0.3, 0.4) is 0 Å². The molecule has 1 heterocycles. The van der Waals surface area contributed by atoms with Gasteiger partial charge in [0.1, 0.15) is 0 Å². The van der Waals surface area contributed by atoms with Gasteiger partial charge >= 0.3 is 11.9 Å². The molecule has 0 aromatic carbocycles. The smallest absolute Gasteiger partial charge is 0.374 e. The van der Waals surface area contributed by atoms with Gasteiger partial charge in [-0.05, 0) is 18.9 Å². The Bertz CT molecular complexity index is 490. The number of nitrogens with zero attached hydrogens (tertiary/aromatic N) is 1. The Morgan fingerprint density at radius 1 is 1.29 bits per heavy atom. The van der Waals surface area contributed by atoms with Crippen molar-refractivity contribution >= 4 is 11.9 Å². The summed E-state index contributed by atoms with van der Waals surface area (Å²) >= 11 is 0. The predicted octanol–water partition coefficient (Wildman–Crippen LogP) is 1.98. The summed E-state index contributed by atoms with van der Waals surface area (Å²) in [5.74, 6) is -0.574. The number of hydrogen-bond donors (Lipinski definition) is 0. The molecule has 0 aliphatic heterocycles. The van der Waals surface area contributed by atoms with E-state index in [4.69, 9.17) is 13.9 Å². The van der Waals surface area contributed by atoms with Gasteiger partial charge in [0.15, 0.2) is 0 Å². The predicted molar refractivity (Wildman–Crippen MR) is 74.7 cm³/mol. The van der Waals surface area contributed by atoms with Gasteiger partial charge in [0.2, 0.25) is 5.76 Å². The number of rotatable bonds is 6.